The zero-order chi connectivity index (χ0) is 35.8. The van der Waals surface area contributed by atoms with Crippen molar-refractivity contribution in [3.05, 3.63) is 170 Å². The average Bonchev–Trinajstić information content (AvgIpc) is 3.99. The first kappa shape index (κ1) is 29.4. The Hall–Kier alpha value is -7.08. The van der Waals surface area contributed by atoms with E-state index in [4.69, 9.17) is 9.97 Å². The molecule has 55 heavy (non-hydrogen) atoms. The molecule has 5 heteroatoms. The molecule has 0 amide bonds. The van der Waals surface area contributed by atoms with Gasteiger partial charge in [0.15, 0.2) is 11.6 Å². The number of hydrogen-bond donors (Lipinski definition) is 0. The van der Waals surface area contributed by atoms with Crippen LogP contribution in [0.3, 0.4) is 0 Å². The molecule has 8 aromatic carbocycles. The summed E-state index contributed by atoms with van der Waals surface area (Å²) in [4.78, 5) is 11.9. The molecule has 4 nitrogen and oxygen atoms in total. The standard InChI is InChI=1S/C50H28N4S/c1-2-12-29(13-3-1)30-22-24-32(25-23-30)48-51-49(45-36-18-8-11-21-42(36)55-50(45)52-48)54-41-27-26-31-14-4-5-15-33(31)43(41)38-28-37-34-16-6-9-19-39(34)53-40-20-10-7-17-35(40)44(46(37)53)47(38)54/h1-28H. The van der Waals surface area contributed by atoms with Crippen LogP contribution in [-0.2, 0) is 0 Å². The van der Waals surface area contributed by atoms with E-state index in [-0.39, 0.29) is 0 Å². The molecular formula is C50H28N4S. The van der Waals surface area contributed by atoms with E-state index in [1.165, 1.54) is 86.4 Å². The second-order valence-electron chi connectivity index (χ2n) is 14.5. The first-order chi connectivity index (χ1) is 27.3. The molecule has 0 bridgehead atoms. The van der Waals surface area contributed by atoms with Crippen LogP contribution in [0.2, 0.25) is 0 Å². The second kappa shape index (κ2) is 10.8. The Labute approximate surface area is 318 Å². The number of thiophene rings is 1. The molecule has 0 aliphatic heterocycles. The van der Waals surface area contributed by atoms with Crippen molar-refractivity contribution in [2.45, 2.75) is 0 Å². The largest absolute Gasteiger partial charge is 0.308 e. The third-order valence-electron chi connectivity index (χ3n) is 11.7. The number of para-hydroxylation sites is 2. The molecule has 0 saturated heterocycles. The maximum atomic E-state index is 5.64. The maximum Gasteiger partial charge on any atom is 0.163 e. The highest BCUT2D eigenvalue weighted by Crippen LogP contribution is 2.49. The molecular weight excluding hydrogens is 689 g/mol. The van der Waals surface area contributed by atoms with E-state index in [0.717, 1.165) is 32.9 Å². The van der Waals surface area contributed by atoms with Gasteiger partial charge in [-0.05, 0) is 52.2 Å². The number of fused-ring (bicyclic) bond motifs is 15. The van der Waals surface area contributed by atoms with Crippen molar-refractivity contribution in [1.82, 2.24) is 18.9 Å². The van der Waals surface area contributed by atoms with Crippen LogP contribution in [0.5, 0.6) is 0 Å². The molecule has 0 atom stereocenters. The van der Waals surface area contributed by atoms with E-state index in [1.54, 1.807) is 11.3 Å². The minimum atomic E-state index is 0.719. The van der Waals surface area contributed by atoms with Crippen molar-refractivity contribution in [2.24, 2.45) is 0 Å². The Morgan fingerprint density at radius 2 is 1.05 bits per heavy atom. The molecule has 0 aliphatic rings. The highest BCUT2D eigenvalue weighted by Gasteiger charge is 2.27. The summed E-state index contributed by atoms with van der Waals surface area (Å²) in [7, 11) is 0. The SMILES string of the molecule is c1ccc(-c2ccc(-c3nc(-n4c5ccc6ccccc6c5c5cc6c7ccccc7n7c8ccccc8c(c54)c67)c4c(n3)sc3ccccc34)cc2)cc1. The average molecular weight is 717 g/mol. The van der Waals surface area contributed by atoms with Crippen molar-refractivity contribution in [1.29, 1.82) is 0 Å². The zero-order valence-corrected chi connectivity index (χ0v) is 30.2. The minimum absolute atomic E-state index is 0.719. The molecule has 0 N–H and O–H groups in total. The maximum absolute atomic E-state index is 5.64. The first-order valence-electron chi connectivity index (χ1n) is 18.7. The topological polar surface area (TPSA) is 35.1 Å². The Morgan fingerprint density at radius 3 is 1.89 bits per heavy atom. The lowest BCUT2D eigenvalue weighted by molar-refractivity contribution is 1.08. The normalized spacial score (nSPS) is 12.4. The van der Waals surface area contributed by atoms with Crippen LogP contribution in [0.15, 0.2) is 170 Å². The van der Waals surface area contributed by atoms with Gasteiger partial charge in [0.1, 0.15) is 4.83 Å². The van der Waals surface area contributed by atoms with Crippen molar-refractivity contribution < 1.29 is 0 Å². The van der Waals surface area contributed by atoms with E-state index in [2.05, 4.69) is 179 Å². The van der Waals surface area contributed by atoms with Crippen LogP contribution in [0.25, 0.3) is 119 Å². The Kier molecular flexibility index (Phi) is 5.74. The predicted molar refractivity (Wildman–Crippen MR) is 232 cm³/mol. The molecule has 13 aromatic rings. The lowest BCUT2D eigenvalue weighted by atomic mass is 10.0. The summed E-state index contributed by atoms with van der Waals surface area (Å²) >= 11 is 1.74. The lowest BCUT2D eigenvalue weighted by Crippen LogP contribution is -2.02. The molecule has 0 fully saturated rings. The van der Waals surface area contributed by atoms with Crippen LogP contribution in [0.4, 0.5) is 0 Å². The minimum Gasteiger partial charge on any atom is -0.308 e. The van der Waals surface area contributed by atoms with Gasteiger partial charge in [-0.15, -0.1) is 11.3 Å². The molecule has 0 aliphatic carbocycles. The van der Waals surface area contributed by atoms with Gasteiger partial charge in [0.2, 0.25) is 0 Å². The van der Waals surface area contributed by atoms with Gasteiger partial charge in [0.25, 0.3) is 0 Å². The van der Waals surface area contributed by atoms with E-state index in [9.17, 15) is 0 Å². The summed E-state index contributed by atoms with van der Waals surface area (Å²) in [6.45, 7) is 0. The van der Waals surface area contributed by atoms with Crippen LogP contribution in [0.1, 0.15) is 0 Å². The van der Waals surface area contributed by atoms with Gasteiger partial charge in [-0.1, -0.05) is 140 Å². The highest BCUT2D eigenvalue weighted by molar-refractivity contribution is 7.25. The van der Waals surface area contributed by atoms with Crippen LogP contribution < -0.4 is 0 Å². The number of nitrogens with zero attached hydrogens (tertiary/aromatic N) is 4. The smallest absolute Gasteiger partial charge is 0.163 e. The van der Waals surface area contributed by atoms with E-state index in [1.807, 2.05) is 0 Å². The number of hydrogen-bond acceptors (Lipinski definition) is 3. The fourth-order valence-corrected chi connectivity index (χ4v) is 10.4. The van der Waals surface area contributed by atoms with Gasteiger partial charge in [-0.3, -0.25) is 4.57 Å². The fourth-order valence-electron chi connectivity index (χ4n) is 9.33. The summed E-state index contributed by atoms with van der Waals surface area (Å²) in [6, 6.07) is 61.5. The molecule has 0 saturated carbocycles. The third-order valence-corrected chi connectivity index (χ3v) is 12.7. The van der Waals surface area contributed by atoms with Crippen LogP contribution >= 0.6 is 11.3 Å². The fraction of sp³-hybridized carbons (Fsp3) is 0. The van der Waals surface area contributed by atoms with Crippen molar-refractivity contribution in [3.8, 4) is 28.3 Å². The number of aromatic nitrogens is 4. The van der Waals surface area contributed by atoms with Gasteiger partial charge in [0.05, 0.1) is 33.0 Å². The summed E-state index contributed by atoms with van der Waals surface area (Å²) < 4.78 is 6.15. The number of rotatable bonds is 3. The Balaban J connectivity index is 1.24. The quantitative estimate of drug-likeness (QED) is 0.182. The van der Waals surface area contributed by atoms with Crippen molar-refractivity contribution in [2.75, 3.05) is 0 Å². The molecule has 0 radical (unpaired) electrons. The van der Waals surface area contributed by atoms with Gasteiger partial charge < -0.3 is 4.40 Å². The van der Waals surface area contributed by atoms with E-state index >= 15 is 0 Å². The molecule has 5 heterocycles. The first-order valence-corrected chi connectivity index (χ1v) is 19.5. The molecule has 0 unspecified atom stereocenters. The van der Waals surface area contributed by atoms with Crippen molar-refractivity contribution >= 4 is 102 Å². The third kappa shape index (κ3) is 3.89. The molecule has 0 spiro atoms. The summed E-state index contributed by atoms with van der Waals surface area (Å²) in [5.74, 6) is 1.62. The molecule has 254 valence electrons. The van der Waals surface area contributed by atoms with Gasteiger partial charge in [0, 0.05) is 48.0 Å². The Morgan fingerprint density at radius 1 is 0.400 bits per heavy atom. The van der Waals surface area contributed by atoms with E-state index < -0.39 is 0 Å². The van der Waals surface area contributed by atoms with Gasteiger partial charge in [-0.25, -0.2) is 9.97 Å². The number of benzene rings is 8. The van der Waals surface area contributed by atoms with Gasteiger partial charge >= 0.3 is 0 Å². The zero-order valence-electron chi connectivity index (χ0n) is 29.4. The molecule has 5 aromatic heterocycles. The van der Waals surface area contributed by atoms with Crippen LogP contribution in [-0.4, -0.2) is 18.9 Å². The van der Waals surface area contributed by atoms with Gasteiger partial charge in [-0.2, -0.15) is 0 Å². The van der Waals surface area contributed by atoms with Crippen LogP contribution in [0, 0.1) is 0 Å². The summed E-state index contributed by atoms with van der Waals surface area (Å²) in [5.41, 5.74) is 9.35. The van der Waals surface area contributed by atoms with Crippen molar-refractivity contribution in [3.63, 3.8) is 0 Å². The predicted octanol–water partition coefficient (Wildman–Crippen LogP) is 13.6. The monoisotopic (exact) mass is 716 g/mol. The summed E-state index contributed by atoms with van der Waals surface area (Å²) in [6.07, 6.45) is 0. The van der Waals surface area contributed by atoms with E-state index in [0.29, 0.717) is 0 Å². The Bertz CT molecular complexity index is 3700. The summed E-state index contributed by atoms with van der Waals surface area (Å²) in [5, 5.41) is 12.2. The second-order valence-corrected chi connectivity index (χ2v) is 15.6. The lowest BCUT2D eigenvalue weighted by Gasteiger charge is -2.13. The highest BCUT2D eigenvalue weighted by atomic mass is 32.1. The molecule has 13 rings (SSSR count).